The van der Waals surface area contributed by atoms with E-state index in [0.29, 0.717) is 21.5 Å². The van der Waals surface area contributed by atoms with Crippen LogP contribution in [0.3, 0.4) is 0 Å². The van der Waals surface area contributed by atoms with E-state index in [2.05, 4.69) is 10.6 Å². The van der Waals surface area contributed by atoms with E-state index < -0.39 is 11.8 Å². The summed E-state index contributed by atoms with van der Waals surface area (Å²) >= 11 is 11.7. The highest BCUT2D eigenvalue weighted by Crippen LogP contribution is 2.25. The standard InChI is InChI=1S/C15H12Cl2N2O3/c16-10-3-5-12(17)13(8-10)19-15(21)9-18-14(20)6-4-11-2-1-7-22-11/h1-8H,9H2,(H,18,20)(H,19,21). The lowest BCUT2D eigenvalue weighted by atomic mass is 10.3. The van der Waals surface area contributed by atoms with Crippen LogP contribution in [0.4, 0.5) is 5.69 Å². The van der Waals surface area contributed by atoms with Crippen molar-refractivity contribution in [2.24, 2.45) is 0 Å². The minimum absolute atomic E-state index is 0.190. The third-order valence-corrected chi connectivity index (χ3v) is 3.13. The topological polar surface area (TPSA) is 71.3 Å². The van der Waals surface area contributed by atoms with Gasteiger partial charge in [0.2, 0.25) is 11.8 Å². The number of hydrogen-bond acceptors (Lipinski definition) is 3. The summed E-state index contributed by atoms with van der Waals surface area (Å²) in [7, 11) is 0. The van der Waals surface area contributed by atoms with Crippen LogP contribution in [0.2, 0.25) is 10.0 Å². The van der Waals surface area contributed by atoms with Gasteiger partial charge in [0, 0.05) is 11.1 Å². The van der Waals surface area contributed by atoms with Crippen molar-refractivity contribution < 1.29 is 14.0 Å². The number of rotatable bonds is 5. The third-order valence-electron chi connectivity index (χ3n) is 2.57. The first kappa shape index (κ1) is 16.1. The Morgan fingerprint density at radius 1 is 1.23 bits per heavy atom. The molecule has 7 heteroatoms. The highest BCUT2D eigenvalue weighted by molar-refractivity contribution is 6.35. The monoisotopic (exact) mass is 338 g/mol. The van der Waals surface area contributed by atoms with Crippen molar-refractivity contribution in [3.8, 4) is 0 Å². The number of carbonyl (C=O) groups excluding carboxylic acids is 2. The Labute approximate surface area is 136 Å². The number of anilines is 1. The van der Waals surface area contributed by atoms with Gasteiger partial charge in [0.1, 0.15) is 5.76 Å². The van der Waals surface area contributed by atoms with Crippen LogP contribution >= 0.6 is 23.2 Å². The van der Waals surface area contributed by atoms with Crippen LogP contribution in [0, 0.1) is 0 Å². The van der Waals surface area contributed by atoms with E-state index in [4.69, 9.17) is 27.6 Å². The van der Waals surface area contributed by atoms with Gasteiger partial charge in [-0.15, -0.1) is 0 Å². The lowest BCUT2D eigenvalue weighted by Gasteiger charge is -2.07. The van der Waals surface area contributed by atoms with Gasteiger partial charge in [-0.25, -0.2) is 0 Å². The lowest BCUT2D eigenvalue weighted by Crippen LogP contribution is -2.31. The molecule has 0 bridgehead atoms. The normalized spacial score (nSPS) is 10.6. The molecule has 2 rings (SSSR count). The van der Waals surface area contributed by atoms with Gasteiger partial charge in [-0.05, 0) is 36.4 Å². The fraction of sp³-hybridized carbons (Fsp3) is 0.0667. The van der Waals surface area contributed by atoms with Crippen molar-refractivity contribution in [2.45, 2.75) is 0 Å². The van der Waals surface area contributed by atoms with Crippen molar-refractivity contribution >= 4 is 46.8 Å². The maximum Gasteiger partial charge on any atom is 0.244 e. The first-order chi connectivity index (χ1) is 10.5. The Balaban J connectivity index is 1.82. The molecule has 2 N–H and O–H groups in total. The Hall–Kier alpha value is -2.24. The minimum atomic E-state index is -0.413. The summed E-state index contributed by atoms with van der Waals surface area (Å²) in [5.74, 6) is -0.280. The molecule has 0 fully saturated rings. The van der Waals surface area contributed by atoms with Gasteiger partial charge in [0.25, 0.3) is 0 Å². The first-order valence-electron chi connectivity index (χ1n) is 6.29. The van der Waals surface area contributed by atoms with Gasteiger partial charge in [-0.2, -0.15) is 0 Å². The van der Waals surface area contributed by atoms with Crippen molar-refractivity contribution in [2.75, 3.05) is 11.9 Å². The average molecular weight is 339 g/mol. The Kier molecular flexibility index (Phi) is 5.63. The molecule has 0 aliphatic rings. The number of amides is 2. The van der Waals surface area contributed by atoms with Gasteiger partial charge >= 0.3 is 0 Å². The zero-order chi connectivity index (χ0) is 15.9. The molecule has 22 heavy (non-hydrogen) atoms. The summed E-state index contributed by atoms with van der Waals surface area (Å²) in [6.07, 6.45) is 4.28. The smallest absolute Gasteiger partial charge is 0.244 e. The van der Waals surface area contributed by atoms with Gasteiger partial charge in [-0.3, -0.25) is 9.59 Å². The van der Waals surface area contributed by atoms with Crippen LogP contribution in [0.5, 0.6) is 0 Å². The predicted molar refractivity (Wildman–Crippen MR) is 85.8 cm³/mol. The van der Waals surface area contributed by atoms with Crippen LogP contribution in [0.15, 0.2) is 47.1 Å². The molecule has 0 saturated carbocycles. The zero-order valence-electron chi connectivity index (χ0n) is 11.3. The lowest BCUT2D eigenvalue weighted by molar-refractivity contribution is -0.121. The zero-order valence-corrected chi connectivity index (χ0v) is 12.8. The number of halogens is 2. The predicted octanol–water partition coefficient (Wildman–Crippen LogP) is 3.35. The molecule has 0 atom stereocenters. The summed E-state index contributed by atoms with van der Waals surface area (Å²) in [5.41, 5.74) is 0.388. The van der Waals surface area contributed by atoms with E-state index in [9.17, 15) is 9.59 Å². The molecule has 0 saturated heterocycles. The van der Waals surface area contributed by atoms with Crippen molar-refractivity contribution in [1.82, 2.24) is 5.32 Å². The fourth-order valence-corrected chi connectivity index (χ4v) is 1.89. The molecule has 1 aromatic heterocycles. The van der Waals surface area contributed by atoms with Gasteiger partial charge < -0.3 is 15.1 Å². The number of benzene rings is 1. The maximum absolute atomic E-state index is 11.7. The maximum atomic E-state index is 11.7. The van der Waals surface area contributed by atoms with Gasteiger partial charge in [0.05, 0.1) is 23.5 Å². The average Bonchev–Trinajstić information content (AvgIpc) is 3.00. The molecule has 0 aliphatic heterocycles. The van der Waals surface area contributed by atoms with E-state index in [-0.39, 0.29) is 6.54 Å². The SMILES string of the molecule is O=C(C=Cc1ccco1)NCC(=O)Nc1cc(Cl)ccc1Cl. The van der Waals surface area contributed by atoms with Gasteiger partial charge in [0.15, 0.2) is 0 Å². The molecule has 0 aliphatic carbocycles. The second kappa shape index (κ2) is 7.68. The molecule has 2 amide bonds. The first-order valence-corrected chi connectivity index (χ1v) is 7.04. The number of nitrogens with one attached hydrogen (secondary N) is 2. The highest BCUT2D eigenvalue weighted by atomic mass is 35.5. The molecule has 2 aromatic rings. The highest BCUT2D eigenvalue weighted by Gasteiger charge is 2.07. The van der Waals surface area contributed by atoms with Gasteiger partial charge in [-0.1, -0.05) is 23.2 Å². The molecule has 114 valence electrons. The number of furan rings is 1. The molecule has 0 unspecified atom stereocenters. The summed E-state index contributed by atoms with van der Waals surface area (Å²) in [6, 6.07) is 8.13. The molecular weight excluding hydrogens is 327 g/mol. The third kappa shape index (κ3) is 4.95. The second-order valence-corrected chi connectivity index (χ2v) is 5.08. The minimum Gasteiger partial charge on any atom is -0.465 e. The van der Waals surface area contributed by atoms with Crippen LogP contribution in [0.1, 0.15) is 5.76 Å². The van der Waals surface area contributed by atoms with E-state index in [0.717, 1.165) is 0 Å². The van der Waals surface area contributed by atoms with Crippen molar-refractivity contribution in [3.63, 3.8) is 0 Å². The molecule has 1 aromatic carbocycles. The van der Waals surface area contributed by atoms with Crippen molar-refractivity contribution in [3.05, 3.63) is 58.5 Å². The number of carbonyl (C=O) groups is 2. The molecule has 0 spiro atoms. The van der Waals surface area contributed by atoms with Crippen LogP contribution in [-0.2, 0) is 9.59 Å². The molecular formula is C15H12Cl2N2O3. The summed E-state index contributed by atoms with van der Waals surface area (Å²) in [4.78, 5) is 23.3. The van der Waals surface area contributed by atoms with Crippen molar-refractivity contribution in [1.29, 1.82) is 0 Å². The molecule has 1 heterocycles. The largest absolute Gasteiger partial charge is 0.465 e. The summed E-state index contributed by atoms with van der Waals surface area (Å²) in [5, 5.41) is 5.82. The van der Waals surface area contributed by atoms with Crippen LogP contribution in [0.25, 0.3) is 6.08 Å². The molecule has 5 nitrogen and oxygen atoms in total. The number of hydrogen-bond donors (Lipinski definition) is 2. The van der Waals surface area contributed by atoms with Crippen LogP contribution < -0.4 is 10.6 Å². The van der Waals surface area contributed by atoms with E-state index in [1.165, 1.54) is 24.5 Å². The quantitative estimate of drug-likeness (QED) is 0.821. The Morgan fingerprint density at radius 3 is 2.77 bits per heavy atom. The Morgan fingerprint density at radius 2 is 2.05 bits per heavy atom. The van der Waals surface area contributed by atoms with E-state index >= 15 is 0 Å². The molecule has 0 radical (unpaired) electrons. The fourth-order valence-electron chi connectivity index (χ4n) is 1.56. The van der Waals surface area contributed by atoms with Crippen LogP contribution in [-0.4, -0.2) is 18.4 Å². The summed E-state index contributed by atoms with van der Waals surface area (Å²) < 4.78 is 5.04. The Bertz CT molecular complexity index is 697. The van der Waals surface area contributed by atoms with E-state index in [1.807, 2.05) is 0 Å². The van der Waals surface area contributed by atoms with E-state index in [1.54, 1.807) is 24.3 Å². The summed E-state index contributed by atoms with van der Waals surface area (Å²) in [6.45, 7) is -0.190. The second-order valence-electron chi connectivity index (χ2n) is 4.24.